The lowest BCUT2D eigenvalue weighted by Crippen LogP contribution is -2.61. The fourth-order valence-corrected chi connectivity index (χ4v) is 14.0. The van der Waals surface area contributed by atoms with Crippen LogP contribution in [0.5, 0.6) is 0 Å². The van der Waals surface area contributed by atoms with Crippen molar-refractivity contribution in [2.24, 2.45) is 0 Å². The average molecular weight is 863 g/mol. The Morgan fingerprint density at radius 3 is 1.52 bits per heavy atom. The standard InChI is InChI=1S/C59H71BN2OSi/c1-35-28-48-51-49(29-35)62(36-16-19-38(20-17-36)64(14)15)52-39-31-42-45(59(12,13)27-24-56(42,6)7)34-50(39)63-53(52)60(51)46-32-43-44(58(10,11)26-25-57(43,8)9)33-47(46)61(48)37-18-21-40-41(30-37)55(4,5)23-22-54(40,2)3/h16-21,28-34,64H,22-27H2,1-15H3. The minimum absolute atomic E-state index is 0.0532. The van der Waals surface area contributed by atoms with Crippen molar-refractivity contribution in [1.82, 2.24) is 0 Å². The maximum atomic E-state index is 7.62. The lowest BCUT2D eigenvalue weighted by atomic mass is 9.35. The fourth-order valence-electron chi connectivity index (χ4n) is 13.0. The number of rotatable bonds is 3. The van der Waals surface area contributed by atoms with Gasteiger partial charge in [-0.1, -0.05) is 126 Å². The number of hydrogen-bond donors (Lipinski definition) is 0. The van der Waals surface area contributed by atoms with Gasteiger partial charge in [-0.2, -0.15) is 0 Å². The molecule has 0 amide bonds. The molecule has 0 saturated heterocycles. The zero-order chi connectivity index (χ0) is 45.4. The van der Waals surface area contributed by atoms with Gasteiger partial charge >= 0.3 is 0 Å². The normalized spacial score (nSPS) is 21.2. The summed E-state index contributed by atoms with van der Waals surface area (Å²) < 4.78 is 7.62. The van der Waals surface area contributed by atoms with E-state index in [4.69, 9.17) is 4.42 Å². The van der Waals surface area contributed by atoms with E-state index in [1.165, 1.54) is 133 Å². The van der Waals surface area contributed by atoms with Crippen LogP contribution in [0.2, 0.25) is 13.1 Å². The van der Waals surface area contributed by atoms with Crippen molar-refractivity contribution in [1.29, 1.82) is 0 Å². The second-order valence-corrected chi connectivity index (χ2v) is 28.2. The molecule has 3 aliphatic carbocycles. The van der Waals surface area contributed by atoms with Gasteiger partial charge in [0.25, 0.3) is 6.71 Å². The molecule has 1 aromatic heterocycles. The molecule has 11 rings (SSSR count). The van der Waals surface area contributed by atoms with Crippen LogP contribution in [0.25, 0.3) is 11.0 Å². The molecule has 0 fully saturated rings. The van der Waals surface area contributed by atoms with E-state index in [1.54, 1.807) is 0 Å². The number of aryl methyl sites for hydroxylation is 1. The third-order valence-corrected chi connectivity index (χ3v) is 19.4. The fraction of sp³-hybridized carbons (Fsp3) is 0.458. The zero-order valence-corrected chi connectivity index (χ0v) is 42.9. The third kappa shape index (κ3) is 5.96. The van der Waals surface area contributed by atoms with Crippen molar-refractivity contribution in [3.05, 3.63) is 118 Å². The molecule has 5 heteroatoms. The van der Waals surface area contributed by atoms with Crippen LogP contribution in [0.1, 0.15) is 161 Å². The number of nitrogens with zero attached hydrogens (tertiary/aromatic N) is 2. The Morgan fingerprint density at radius 2 is 0.953 bits per heavy atom. The summed E-state index contributed by atoms with van der Waals surface area (Å²) >= 11 is 0. The van der Waals surface area contributed by atoms with E-state index >= 15 is 0 Å². The SMILES string of the molecule is Cc1cc2c3c(c1)N(c1ccc([SiH](C)C)cc1)c1c(oc4cc5c(cc14)C(C)(C)CCC5(C)C)B3c1cc3c(cc1N2c1ccc2c(c1)C(C)(C)CCC2(C)C)C(C)(C)CCC3(C)C. The average Bonchev–Trinajstić information content (AvgIpc) is 3.60. The minimum Gasteiger partial charge on any atom is -0.468 e. The third-order valence-electron chi connectivity index (χ3n) is 17.7. The van der Waals surface area contributed by atoms with Gasteiger partial charge in [-0.15, -0.1) is 0 Å². The smallest absolute Gasteiger partial charge is 0.297 e. The molecular formula is C59H71BN2OSi. The Kier molecular flexibility index (Phi) is 8.78. The first-order valence-corrected chi connectivity index (χ1v) is 27.6. The molecule has 0 N–H and O–H groups in total. The molecule has 6 aromatic rings. The van der Waals surface area contributed by atoms with Crippen LogP contribution in [-0.2, 0) is 32.5 Å². The predicted octanol–water partition coefficient (Wildman–Crippen LogP) is 13.6. The summed E-state index contributed by atoms with van der Waals surface area (Å²) in [6.07, 6.45) is 7.09. The Bertz CT molecular complexity index is 2960. The molecule has 64 heavy (non-hydrogen) atoms. The van der Waals surface area contributed by atoms with Crippen LogP contribution >= 0.6 is 0 Å². The number of fused-ring (bicyclic) bond motifs is 9. The number of furan rings is 1. The summed E-state index contributed by atoms with van der Waals surface area (Å²) in [6, 6.07) is 32.4. The molecule has 0 spiro atoms. The highest BCUT2D eigenvalue weighted by Gasteiger charge is 2.50. The van der Waals surface area contributed by atoms with Crippen molar-refractivity contribution >= 4 is 82.4 Å². The highest BCUT2D eigenvalue weighted by atomic mass is 28.3. The van der Waals surface area contributed by atoms with Crippen molar-refractivity contribution < 1.29 is 4.42 Å². The van der Waals surface area contributed by atoms with E-state index in [0.717, 1.165) is 11.2 Å². The first-order valence-electron chi connectivity index (χ1n) is 24.7. The van der Waals surface area contributed by atoms with Crippen LogP contribution in [0.3, 0.4) is 0 Å². The highest BCUT2D eigenvalue weighted by molar-refractivity contribution is 7.00. The van der Waals surface area contributed by atoms with Gasteiger partial charge in [0.1, 0.15) is 5.58 Å². The van der Waals surface area contributed by atoms with Gasteiger partial charge in [-0.25, -0.2) is 0 Å². The van der Waals surface area contributed by atoms with Crippen molar-refractivity contribution in [2.45, 2.75) is 174 Å². The van der Waals surface area contributed by atoms with Crippen LogP contribution in [0, 0.1) is 6.92 Å². The number of hydrogen-bond acceptors (Lipinski definition) is 3. The second-order valence-electron chi connectivity index (χ2n) is 25.3. The zero-order valence-electron chi connectivity index (χ0n) is 41.7. The summed E-state index contributed by atoms with van der Waals surface area (Å²) in [5, 5.41) is 2.73. The quantitative estimate of drug-likeness (QED) is 0.165. The number of benzene rings is 5. The Labute approximate surface area is 386 Å². The second kappa shape index (κ2) is 13.3. The Morgan fingerprint density at radius 1 is 0.484 bits per heavy atom. The van der Waals surface area contributed by atoms with E-state index in [2.05, 4.69) is 192 Å². The van der Waals surface area contributed by atoms with E-state index < -0.39 is 8.80 Å². The predicted molar refractivity (Wildman–Crippen MR) is 279 cm³/mol. The summed E-state index contributed by atoms with van der Waals surface area (Å²) in [5.41, 5.74) is 23.0. The minimum atomic E-state index is -1.00. The Balaban J connectivity index is 1.27. The maximum absolute atomic E-state index is 7.62. The molecule has 0 saturated carbocycles. The molecule has 0 unspecified atom stereocenters. The van der Waals surface area contributed by atoms with Gasteiger partial charge in [-0.3, -0.25) is 0 Å². The first kappa shape index (κ1) is 42.2. The van der Waals surface area contributed by atoms with Gasteiger partial charge in [0.15, 0.2) is 0 Å². The van der Waals surface area contributed by atoms with Crippen molar-refractivity contribution in [3.8, 4) is 0 Å². The maximum Gasteiger partial charge on any atom is 0.297 e. The van der Waals surface area contributed by atoms with Crippen LogP contribution in [-0.4, -0.2) is 15.5 Å². The van der Waals surface area contributed by atoms with Crippen LogP contribution < -0.4 is 31.6 Å². The molecule has 3 nitrogen and oxygen atoms in total. The van der Waals surface area contributed by atoms with Gasteiger partial charge in [0.05, 0.1) is 20.1 Å². The molecule has 0 radical (unpaired) electrons. The van der Waals surface area contributed by atoms with Crippen molar-refractivity contribution in [2.75, 3.05) is 9.80 Å². The van der Waals surface area contributed by atoms with Gasteiger partial charge in [0.2, 0.25) is 0 Å². The largest absolute Gasteiger partial charge is 0.468 e. The van der Waals surface area contributed by atoms with E-state index in [0.29, 0.717) is 0 Å². The van der Waals surface area contributed by atoms with E-state index in [-0.39, 0.29) is 39.2 Å². The Hall–Kier alpha value is -4.48. The molecule has 3 heterocycles. The number of anilines is 6. The molecular weight excluding hydrogens is 792 g/mol. The lowest BCUT2D eigenvalue weighted by molar-refractivity contribution is 0.332. The molecule has 0 atom stereocenters. The van der Waals surface area contributed by atoms with E-state index in [1.807, 2.05) is 0 Å². The van der Waals surface area contributed by atoms with Gasteiger partial charge < -0.3 is 14.2 Å². The molecule has 330 valence electrons. The van der Waals surface area contributed by atoms with E-state index in [9.17, 15) is 0 Å². The van der Waals surface area contributed by atoms with Gasteiger partial charge in [0, 0.05) is 33.8 Å². The molecule has 5 aliphatic rings. The van der Waals surface area contributed by atoms with Crippen LogP contribution in [0.4, 0.5) is 34.1 Å². The molecule has 5 aromatic carbocycles. The molecule has 0 bridgehead atoms. The monoisotopic (exact) mass is 863 g/mol. The molecule has 2 aliphatic heterocycles. The van der Waals surface area contributed by atoms with Crippen molar-refractivity contribution in [3.63, 3.8) is 0 Å². The van der Waals surface area contributed by atoms with Crippen LogP contribution in [0.15, 0.2) is 83.3 Å². The summed E-state index contributed by atoms with van der Waals surface area (Å²) in [5.74, 6) is 0. The highest BCUT2D eigenvalue weighted by Crippen LogP contribution is 2.54. The summed E-state index contributed by atoms with van der Waals surface area (Å²) in [7, 11) is -1.00. The lowest BCUT2D eigenvalue weighted by Gasteiger charge is -2.47. The first-order chi connectivity index (χ1) is 29.9. The summed E-state index contributed by atoms with van der Waals surface area (Å²) in [6.45, 7) is 36.6. The van der Waals surface area contributed by atoms with Gasteiger partial charge in [-0.05, 0) is 182 Å². The summed E-state index contributed by atoms with van der Waals surface area (Å²) in [4.78, 5) is 5.28. The topological polar surface area (TPSA) is 19.6 Å².